The van der Waals surface area contributed by atoms with Crippen molar-refractivity contribution >= 4 is 5.78 Å². The van der Waals surface area contributed by atoms with Crippen molar-refractivity contribution in [2.75, 3.05) is 0 Å². The molecular weight excluding hydrogens is 160 g/mol. The lowest BCUT2D eigenvalue weighted by molar-refractivity contribution is 0.0967. The minimum absolute atomic E-state index is 0.258. The number of Topliss-reactive ketones (excluding diaryl/α,β-unsaturated/α-hetero) is 1. The SMILES string of the molecule is Cc1ccccc1C(=O)CC(C)C. The van der Waals surface area contributed by atoms with Gasteiger partial charge in [0.05, 0.1) is 0 Å². The molecule has 0 aliphatic carbocycles. The second-order valence-corrected chi connectivity index (χ2v) is 3.84. The van der Waals surface area contributed by atoms with Crippen LogP contribution < -0.4 is 0 Å². The molecule has 0 aliphatic heterocycles. The lowest BCUT2D eigenvalue weighted by Gasteiger charge is -2.06. The van der Waals surface area contributed by atoms with Crippen molar-refractivity contribution in [3.05, 3.63) is 35.4 Å². The number of rotatable bonds is 3. The number of carbonyl (C=O) groups is 1. The lowest BCUT2D eigenvalue weighted by Crippen LogP contribution is -2.04. The highest BCUT2D eigenvalue weighted by molar-refractivity contribution is 5.97. The summed E-state index contributed by atoms with van der Waals surface area (Å²) in [5.41, 5.74) is 1.95. The molecule has 0 amide bonds. The van der Waals surface area contributed by atoms with Crippen LogP contribution in [0.25, 0.3) is 0 Å². The molecule has 0 radical (unpaired) electrons. The molecule has 1 aromatic rings. The smallest absolute Gasteiger partial charge is 0.163 e. The van der Waals surface area contributed by atoms with Crippen molar-refractivity contribution in [2.45, 2.75) is 27.2 Å². The summed E-state index contributed by atoms with van der Waals surface area (Å²) in [5, 5.41) is 0. The Bertz CT molecular complexity index is 300. The van der Waals surface area contributed by atoms with Gasteiger partial charge in [-0.15, -0.1) is 0 Å². The minimum Gasteiger partial charge on any atom is -0.294 e. The van der Waals surface area contributed by atoms with Crippen LogP contribution in [0.2, 0.25) is 0 Å². The van der Waals surface area contributed by atoms with E-state index in [9.17, 15) is 4.79 Å². The van der Waals surface area contributed by atoms with Crippen LogP contribution in [0.3, 0.4) is 0 Å². The van der Waals surface area contributed by atoms with Crippen molar-refractivity contribution in [3.8, 4) is 0 Å². The third kappa shape index (κ3) is 2.69. The van der Waals surface area contributed by atoms with Gasteiger partial charge in [-0.05, 0) is 18.4 Å². The van der Waals surface area contributed by atoms with E-state index >= 15 is 0 Å². The van der Waals surface area contributed by atoms with Crippen LogP contribution in [0, 0.1) is 12.8 Å². The van der Waals surface area contributed by atoms with Gasteiger partial charge in [0.2, 0.25) is 0 Å². The molecular formula is C12H16O. The van der Waals surface area contributed by atoms with Gasteiger partial charge in [-0.2, -0.15) is 0 Å². The first-order chi connectivity index (χ1) is 6.11. The Morgan fingerprint density at radius 3 is 2.46 bits per heavy atom. The molecule has 0 atom stereocenters. The van der Waals surface area contributed by atoms with Crippen molar-refractivity contribution in [1.82, 2.24) is 0 Å². The fourth-order valence-corrected chi connectivity index (χ4v) is 1.37. The van der Waals surface area contributed by atoms with Crippen molar-refractivity contribution < 1.29 is 4.79 Å². The van der Waals surface area contributed by atoms with E-state index in [2.05, 4.69) is 13.8 Å². The van der Waals surface area contributed by atoms with Crippen molar-refractivity contribution in [1.29, 1.82) is 0 Å². The molecule has 0 spiro atoms. The zero-order valence-electron chi connectivity index (χ0n) is 8.50. The first-order valence-corrected chi connectivity index (χ1v) is 4.70. The molecule has 1 aromatic carbocycles. The van der Waals surface area contributed by atoms with Crippen LogP contribution in [0.15, 0.2) is 24.3 Å². The molecule has 1 heteroatoms. The molecule has 0 fully saturated rings. The molecule has 0 bridgehead atoms. The van der Waals surface area contributed by atoms with Crippen LogP contribution in [-0.2, 0) is 0 Å². The fourth-order valence-electron chi connectivity index (χ4n) is 1.37. The van der Waals surface area contributed by atoms with E-state index in [4.69, 9.17) is 0 Å². The van der Waals surface area contributed by atoms with Gasteiger partial charge < -0.3 is 0 Å². The summed E-state index contributed by atoms with van der Waals surface area (Å²) in [4.78, 5) is 11.7. The van der Waals surface area contributed by atoms with Crippen LogP contribution >= 0.6 is 0 Å². The Morgan fingerprint density at radius 1 is 1.31 bits per heavy atom. The molecule has 13 heavy (non-hydrogen) atoms. The predicted molar refractivity (Wildman–Crippen MR) is 55.0 cm³/mol. The average molecular weight is 176 g/mol. The zero-order valence-corrected chi connectivity index (χ0v) is 8.50. The van der Waals surface area contributed by atoms with Gasteiger partial charge in [-0.3, -0.25) is 4.79 Å². The van der Waals surface area contributed by atoms with Crippen molar-refractivity contribution in [3.63, 3.8) is 0 Å². The Labute approximate surface area is 79.8 Å². The Morgan fingerprint density at radius 2 is 1.92 bits per heavy atom. The number of hydrogen-bond acceptors (Lipinski definition) is 1. The second-order valence-electron chi connectivity index (χ2n) is 3.84. The Kier molecular flexibility index (Phi) is 3.24. The summed E-state index contributed by atoms with van der Waals surface area (Å²) in [6.07, 6.45) is 0.644. The highest BCUT2D eigenvalue weighted by Crippen LogP contribution is 2.12. The van der Waals surface area contributed by atoms with E-state index in [-0.39, 0.29) is 5.78 Å². The normalized spacial score (nSPS) is 10.5. The number of aryl methyl sites for hydroxylation is 1. The zero-order chi connectivity index (χ0) is 9.84. The molecule has 0 aromatic heterocycles. The van der Waals surface area contributed by atoms with E-state index in [0.717, 1.165) is 11.1 Å². The first-order valence-electron chi connectivity index (χ1n) is 4.70. The fraction of sp³-hybridized carbons (Fsp3) is 0.417. The van der Waals surface area contributed by atoms with E-state index in [1.807, 2.05) is 31.2 Å². The maximum Gasteiger partial charge on any atom is 0.163 e. The van der Waals surface area contributed by atoms with Gasteiger partial charge in [0.15, 0.2) is 5.78 Å². The minimum atomic E-state index is 0.258. The first kappa shape index (κ1) is 9.97. The van der Waals surface area contributed by atoms with Gasteiger partial charge in [0, 0.05) is 12.0 Å². The summed E-state index contributed by atoms with van der Waals surface area (Å²) in [7, 11) is 0. The summed E-state index contributed by atoms with van der Waals surface area (Å²) < 4.78 is 0. The molecule has 0 aliphatic rings. The third-order valence-corrected chi connectivity index (χ3v) is 2.04. The molecule has 0 heterocycles. The number of benzene rings is 1. The highest BCUT2D eigenvalue weighted by atomic mass is 16.1. The van der Waals surface area contributed by atoms with Gasteiger partial charge in [-0.25, -0.2) is 0 Å². The van der Waals surface area contributed by atoms with Crippen molar-refractivity contribution in [2.24, 2.45) is 5.92 Å². The molecule has 0 saturated carbocycles. The molecule has 1 rings (SSSR count). The largest absolute Gasteiger partial charge is 0.294 e. The number of carbonyl (C=O) groups excluding carboxylic acids is 1. The standard InChI is InChI=1S/C12H16O/c1-9(2)8-12(13)11-7-5-4-6-10(11)3/h4-7,9H,8H2,1-3H3. The Balaban J connectivity index is 2.83. The monoisotopic (exact) mass is 176 g/mol. The van der Waals surface area contributed by atoms with Gasteiger partial charge in [0.1, 0.15) is 0 Å². The molecule has 0 N–H and O–H groups in total. The van der Waals surface area contributed by atoms with Crippen LogP contribution in [0.5, 0.6) is 0 Å². The maximum atomic E-state index is 11.7. The number of ketones is 1. The molecule has 0 saturated heterocycles. The average Bonchev–Trinajstić information content (AvgIpc) is 2.03. The second kappa shape index (κ2) is 4.22. The van der Waals surface area contributed by atoms with Crippen LogP contribution in [-0.4, -0.2) is 5.78 Å². The van der Waals surface area contributed by atoms with E-state index in [1.54, 1.807) is 0 Å². The number of hydrogen-bond donors (Lipinski definition) is 0. The van der Waals surface area contributed by atoms with Gasteiger partial charge in [0.25, 0.3) is 0 Å². The van der Waals surface area contributed by atoms with E-state index < -0.39 is 0 Å². The quantitative estimate of drug-likeness (QED) is 0.646. The van der Waals surface area contributed by atoms with Crippen LogP contribution in [0.4, 0.5) is 0 Å². The molecule has 70 valence electrons. The van der Waals surface area contributed by atoms with E-state index in [0.29, 0.717) is 12.3 Å². The summed E-state index contributed by atoms with van der Waals surface area (Å²) in [5.74, 6) is 0.695. The third-order valence-electron chi connectivity index (χ3n) is 2.04. The predicted octanol–water partition coefficient (Wildman–Crippen LogP) is 3.22. The topological polar surface area (TPSA) is 17.1 Å². The maximum absolute atomic E-state index is 11.7. The van der Waals surface area contributed by atoms with Gasteiger partial charge in [-0.1, -0.05) is 38.1 Å². The van der Waals surface area contributed by atoms with Crippen LogP contribution in [0.1, 0.15) is 36.2 Å². The lowest BCUT2D eigenvalue weighted by atomic mass is 9.98. The molecule has 1 nitrogen and oxygen atoms in total. The Hall–Kier alpha value is -1.11. The summed E-state index contributed by atoms with van der Waals surface area (Å²) in [6, 6.07) is 7.76. The highest BCUT2D eigenvalue weighted by Gasteiger charge is 2.09. The summed E-state index contributed by atoms with van der Waals surface area (Å²) >= 11 is 0. The molecule has 0 unspecified atom stereocenters. The van der Waals surface area contributed by atoms with Gasteiger partial charge >= 0.3 is 0 Å². The summed E-state index contributed by atoms with van der Waals surface area (Å²) in [6.45, 7) is 6.11. The van der Waals surface area contributed by atoms with E-state index in [1.165, 1.54) is 0 Å².